The van der Waals surface area contributed by atoms with Gasteiger partial charge in [-0.1, -0.05) is 35.2 Å². The standard InChI is InChI=1S/C22H17NO5/c1-13-18(20(24)25)19(28-23-13)17-6-5-15-11-14(3-4-16(15)12-17)7-8-22(9-10-22)21(26)27-2/h3-6,11-12H,9-10H2,1-2H3,(H,24,25). The zero-order valence-electron chi connectivity index (χ0n) is 15.4. The van der Waals surface area contributed by atoms with Crippen molar-refractivity contribution in [3.05, 3.63) is 53.2 Å². The van der Waals surface area contributed by atoms with Gasteiger partial charge in [0.15, 0.2) is 5.76 Å². The lowest BCUT2D eigenvalue weighted by atomic mass is 10.0. The summed E-state index contributed by atoms with van der Waals surface area (Å²) in [7, 11) is 1.38. The van der Waals surface area contributed by atoms with E-state index in [9.17, 15) is 14.7 Å². The average Bonchev–Trinajstić information content (AvgIpc) is 3.39. The lowest BCUT2D eigenvalue weighted by Crippen LogP contribution is -2.15. The van der Waals surface area contributed by atoms with Gasteiger partial charge in [-0.05, 0) is 48.7 Å². The molecule has 28 heavy (non-hydrogen) atoms. The van der Waals surface area contributed by atoms with Crippen molar-refractivity contribution in [2.45, 2.75) is 19.8 Å². The van der Waals surface area contributed by atoms with E-state index in [0.717, 1.165) is 29.2 Å². The Labute approximate surface area is 161 Å². The maximum Gasteiger partial charge on any atom is 0.341 e. The molecular formula is C22H17NO5. The normalized spacial score (nSPS) is 14.2. The maximum absolute atomic E-state index is 11.8. The Morgan fingerprint density at radius 1 is 1.18 bits per heavy atom. The first-order chi connectivity index (χ1) is 13.4. The van der Waals surface area contributed by atoms with Gasteiger partial charge in [-0.3, -0.25) is 4.79 Å². The number of fused-ring (bicyclic) bond motifs is 1. The monoisotopic (exact) mass is 375 g/mol. The molecule has 0 spiro atoms. The Kier molecular flexibility index (Phi) is 4.16. The predicted octanol–water partition coefficient (Wildman–Crippen LogP) is 3.81. The van der Waals surface area contributed by atoms with E-state index in [4.69, 9.17) is 9.26 Å². The molecular weight excluding hydrogens is 358 g/mol. The molecule has 0 bridgehead atoms. The number of aromatic nitrogens is 1. The summed E-state index contributed by atoms with van der Waals surface area (Å²) in [4.78, 5) is 23.3. The number of carbonyl (C=O) groups excluding carboxylic acids is 1. The lowest BCUT2D eigenvalue weighted by Gasteiger charge is -2.04. The molecule has 4 rings (SSSR count). The van der Waals surface area contributed by atoms with Crippen LogP contribution in [0.15, 0.2) is 40.9 Å². The molecule has 0 amide bonds. The van der Waals surface area contributed by atoms with Gasteiger partial charge in [-0.2, -0.15) is 0 Å². The maximum atomic E-state index is 11.8. The number of ether oxygens (including phenoxy) is 1. The summed E-state index contributed by atoms with van der Waals surface area (Å²) in [5.41, 5.74) is 1.21. The molecule has 1 fully saturated rings. The average molecular weight is 375 g/mol. The second kappa shape index (κ2) is 6.54. The van der Waals surface area contributed by atoms with Crippen LogP contribution in [0.1, 0.15) is 34.5 Å². The minimum atomic E-state index is -1.07. The Hall–Kier alpha value is -3.59. The van der Waals surface area contributed by atoms with Crippen LogP contribution in [0.5, 0.6) is 0 Å². The molecule has 6 heteroatoms. The fourth-order valence-electron chi connectivity index (χ4n) is 3.18. The molecule has 1 N–H and O–H groups in total. The van der Waals surface area contributed by atoms with Crippen molar-refractivity contribution in [3.8, 4) is 23.2 Å². The highest BCUT2D eigenvalue weighted by molar-refractivity contribution is 5.97. The van der Waals surface area contributed by atoms with E-state index in [1.54, 1.807) is 13.0 Å². The second-order valence-electron chi connectivity index (χ2n) is 6.88. The molecule has 1 aliphatic carbocycles. The summed E-state index contributed by atoms with van der Waals surface area (Å²) < 4.78 is 10.1. The fraction of sp³-hybridized carbons (Fsp3) is 0.227. The van der Waals surface area contributed by atoms with Crippen molar-refractivity contribution in [1.29, 1.82) is 0 Å². The zero-order chi connectivity index (χ0) is 19.9. The number of esters is 1. The van der Waals surface area contributed by atoms with Gasteiger partial charge >= 0.3 is 11.9 Å². The summed E-state index contributed by atoms with van der Waals surface area (Å²) in [5.74, 6) is 5.01. The molecule has 0 atom stereocenters. The third-order valence-corrected chi connectivity index (χ3v) is 4.95. The number of rotatable bonds is 3. The van der Waals surface area contributed by atoms with Crippen LogP contribution < -0.4 is 0 Å². The van der Waals surface area contributed by atoms with Crippen molar-refractivity contribution in [2.75, 3.05) is 7.11 Å². The van der Waals surface area contributed by atoms with Crippen LogP contribution in [0.2, 0.25) is 0 Å². The van der Waals surface area contributed by atoms with Crippen LogP contribution in [-0.2, 0) is 9.53 Å². The Bertz CT molecular complexity index is 1170. The van der Waals surface area contributed by atoms with Crippen LogP contribution >= 0.6 is 0 Å². The van der Waals surface area contributed by atoms with Crippen LogP contribution in [-0.4, -0.2) is 29.3 Å². The third-order valence-electron chi connectivity index (χ3n) is 4.95. The summed E-state index contributed by atoms with van der Waals surface area (Å²) in [5, 5.41) is 15.0. The summed E-state index contributed by atoms with van der Waals surface area (Å²) in [6, 6.07) is 11.2. The first-order valence-electron chi connectivity index (χ1n) is 8.79. The van der Waals surface area contributed by atoms with Crippen LogP contribution in [0.25, 0.3) is 22.1 Å². The van der Waals surface area contributed by atoms with Crippen molar-refractivity contribution in [2.24, 2.45) is 5.41 Å². The van der Waals surface area contributed by atoms with E-state index < -0.39 is 11.4 Å². The second-order valence-corrected chi connectivity index (χ2v) is 6.88. The van der Waals surface area contributed by atoms with Crippen LogP contribution in [0.4, 0.5) is 0 Å². The summed E-state index contributed by atoms with van der Waals surface area (Å²) >= 11 is 0. The van der Waals surface area contributed by atoms with Gasteiger partial charge in [-0.15, -0.1) is 0 Å². The minimum absolute atomic E-state index is 0.0689. The molecule has 140 valence electrons. The largest absolute Gasteiger partial charge is 0.477 e. The first-order valence-corrected chi connectivity index (χ1v) is 8.79. The number of benzene rings is 2. The molecule has 0 unspecified atom stereocenters. The lowest BCUT2D eigenvalue weighted by molar-refractivity contribution is -0.144. The SMILES string of the molecule is COC(=O)C1(C#Cc2ccc3cc(-c4onc(C)c4C(=O)O)ccc3c2)CC1. The number of methoxy groups -OCH3 is 1. The van der Waals surface area contributed by atoms with E-state index >= 15 is 0 Å². The summed E-state index contributed by atoms with van der Waals surface area (Å²) in [6.45, 7) is 1.60. The van der Waals surface area contributed by atoms with Crippen molar-refractivity contribution in [3.63, 3.8) is 0 Å². The Morgan fingerprint density at radius 2 is 1.89 bits per heavy atom. The molecule has 6 nitrogen and oxygen atoms in total. The molecule has 2 aromatic carbocycles. The van der Waals surface area contributed by atoms with Gasteiger partial charge in [-0.25, -0.2) is 4.79 Å². The smallest absolute Gasteiger partial charge is 0.341 e. The van der Waals surface area contributed by atoms with E-state index in [1.807, 2.05) is 30.3 Å². The number of nitrogens with zero attached hydrogens (tertiary/aromatic N) is 1. The fourth-order valence-corrected chi connectivity index (χ4v) is 3.18. The number of hydrogen-bond acceptors (Lipinski definition) is 5. The topological polar surface area (TPSA) is 89.6 Å². The minimum Gasteiger partial charge on any atom is -0.477 e. The number of aromatic carboxylic acids is 1. The highest BCUT2D eigenvalue weighted by Gasteiger charge is 2.50. The van der Waals surface area contributed by atoms with Crippen molar-refractivity contribution >= 4 is 22.7 Å². The van der Waals surface area contributed by atoms with E-state index in [0.29, 0.717) is 11.3 Å². The molecule has 0 aliphatic heterocycles. The van der Waals surface area contributed by atoms with Crippen LogP contribution in [0.3, 0.4) is 0 Å². The molecule has 1 saturated carbocycles. The predicted molar refractivity (Wildman–Crippen MR) is 102 cm³/mol. The first kappa shape index (κ1) is 17.8. The van der Waals surface area contributed by atoms with Crippen molar-refractivity contribution in [1.82, 2.24) is 5.16 Å². The van der Waals surface area contributed by atoms with Gasteiger partial charge in [0.05, 0.1) is 12.8 Å². The van der Waals surface area contributed by atoms with Gasteiger partial charge in [0.1, 0.15) is 11.0 Å². The molecule has 1 heterocycles. The Balaban J connectivity index is 1.68. The van der Waals surface area contributed by atoms with E-state index in [1.165, 1.54) is 7.11 Å². The van der Waals surface area contributed by atoms with Gasteiger partial charge in [0.2, 0.25) is 0 Å². The highest BCUT2D eigenvalue weighted by atomic mass is 16.5. The third kappa shape index (κ3) is 3.01. The van der Waals surface area contributed by atoms with Gasteiger partial charge < -0.3 is 14.4 Å². The van der Waals surface area contributed by atoms with E-state index in [-0.39, 0.29) is 17.3 Å². The quantitative estimate of drug-likeness (QED) is 0.553. The number of carboxylic acids is 1. The van der Waals surface area contributed by atoms with Gasteiger partial charge in [0.25, 0.3) is 0 Å². The molecule has 3 aromatic rings. The number of carboxylic acid groups (broad SMARTS) is 1. The highest BCUT2D eigenvalue weighted by Crippen LogP contribution is 2.46. The number of carbonyl (C=O) groups is 2. The molecule has 1 aromatic heterocycles. The van der Waals surface area contributed by atoms with Gasteiger partial charge in [0, 0.05) is 11.1 Å². The van der Waals surface area contributed by atoms with Crippen molar-refractivity contribution < 1.29 is 24.0 Å². The Morgan fingerprint density at radius 3 is 2.57 bits per heavy atom. The van der Waals surface area contributed by atoms with Crippen LogP contribution in [0, 0.1) is 24.2 Å². The zero-order valence-corrected chi connectivity index (χ0v) is 15.4. The molecule has 0 radical (unpaired) electrons. The summed E-state index contributed by atoms with van der Waals surface area (Å²) in [6.07, 6.45) is 1.46. The number of hydrogen-bond donors (Lipinski definition) is 1. The molecule has 0 saturated heterocycles. The van der Waals surface area contributed by atoms with E-state index in [2.05, 4.69) is 17.0 Å². The number of aryl methyl sites for hydroxylation is 1. The molecule has 1 aliphatic rings.